The number of imidazole rings is 1. The lowest BCUT2D eigenvalue weighted by Gasteiger charge is -2.09. The number of hydrogen-bond acceptors (Lipinski definition) is 3. The molecule has 0 radical (unpaired) electrons. The number of nitrogens with zero attached hydrogens (tertiary/aromatic N) is 2. The fourth-order valence-electron chi connectivity index (χ4n) is 1.94. The van der Waals surface area contributed by atoms with E-state index in [1.807, 2.05) is 0 Å². The summed E-state index contributed by atoms with van der Waals surface area (Å²) in [5.74, 6) is 0.416. The average molecular weight is 278 g/mol. The van der Waals surface area contributed by atoms with Crippen LogP contribution in [-0.4, -0.2) is 15.0 Å². The summed E-state index contributed by atoms with van der Waals surface area (Å²) >= 11 is 0. The molecule has 0 aliphatic heterocycles. The van der Waals surface area contributed by atoms with Crippen LogP contribution in [0.1, 0.15) is 5.56 Å². The fourth-order valence-corrected chi connectivity index (χ4v) is 1.94. The Bertz CT molecular complexity index is 744. The Hall–Kier alpha value is -2.57. The monoisotopic (exact) mass is 278 g/mol. The Balaban J connectivity index is 2.10. The highest BCUT2D eigenvalue weighted by Gasteiger charge is 2.31. The molecule has 1 aromatic carbocycles. The van der Waals surface area contributed by atoms with Crippen molar-refractivity contribution >= 4 is 16.7 Å². The third-order valence-corrected chi connectivity index (χ3v) is 2.92. The van der Waals surface area contributed by atoms with E-state index in [-0.39, 0.29) is 5.69 Å². The predicted octanol–water partition coefficient (Wildman–Crippen LogP) is 3.23. The standard InChI is InChI=1S/C13H9F3N4/c14-13(15,16)7-1-2-8(9(17)5-7)12-19-10-3-4-18-6-11(10)20-12/h1-6H,17H2,(H,19,20). The second-order valence-electron chi connectivity index (χ2n) is 4.28. The van der Waals surface area contributed by atoms with Crippen molar-refractivity contribution < 1.29 is 13.2 Å². The number of pyridine rings is 1. The largest absolute Gasteiger partial charge is 0.416 e. The molecular formula is C13H9F3N4. The highest BCUT2D eigenvalue weighted by molar-refractivity contribution is 5.81. The summed E-state index contributed by atoms with van der Waals surface area (Å²) in [5.41, 5.74) is 6.73. The minimum Gasteiger partial charge on any atom is -0.398 e. The van der Waals surface area contributed by atoms with E-state index in [9.17, 15) is 13.2 Å². The van der Waals surface area contributed by atoms with Crippen LogP contribution in [0.15, 0.2) is 36.7 Å². The molecule has 0 aliphatic rings. The Morgan fingerprint density at radius 2 is 1.95 bits per heavy atom. The molecule has 102 valence electrons. The van der Waals surface area contributed by atoms with Gasteiger partial charge < -0.3 is 10.7 Å². The van der Waals surface area contributed by atoms with Crippen molar-refractivity contribution in [2.75, 3.05) is 5.73 Å². The van der Waals surface area contributed by atoms with Crippen LogP contribution in [0.5, 0.6) is 0 Å². The minimum absolute atomic E-state index is 0.0202. The second kappa shape index (κ2) is 4.22. The molecule has 3 aromatic rings. The Morgan fingerprint density at radius 1 is 1.15 bits per heavy atom. The lowest BCUT2D eigenvalue weighted by molar-refractivity contribution is -0.137. The SMILES string of the molecule is Nc1cc(C(F)(F)F)ccc1-c1nc2ccncc2[nH]1. The average Bonchev–Trinajstić information content (AvgIpc) is 2.80. The van der Waals surface area contributed by atoms with Gasteiger partial charge in [-0.3, -0.25) is 4.98 Å². The molecular weight excluding hydrogens is 269 g/mol. The van der Waals surface area contributed by atoms with Gasteiger partial charge in [-0.1, -0.05) is 0 Å². The van der Waals surface area contributed by atoms with Crippen molar-refractivity contribution in [2.24, 2.45) is 0 Å². The van der Waals surface area contributed by atoms with Gasteiger partial charge in [0, 0.05) is 17.4 Å². The molecule has 3 rings (SSSR count). The van der Waals surface area contributed by atoms with Crippen molar-refractivity contribution in [1.82, 2.24) is 15.0 Å². The van der Waals surface area contributed by atoms with E-state index in [0.717, 1.165) is 12.1 Å². The van der Waals surface area contributed by atoms with Crippen molar-refractivity contribution in [2.45, 2.75) is 6.18 Å². The normalized spacial score (nSPS) is 11.9. The molecule has 7 heteroatoms. The van der Waals surface area contributed by atoms with Gasteiger partial charge in [0.05, 0.1) is 22.8 Å². The smallest absolute Gasteiger partial charge is 0.398 e. The van der Waals surface area contributed by atoms with Gasteiger partial charge in [0.2, 0.25) is 0 Å². The van der Waals surface area contributed by atoms with Gasteiger partial charge in [-0.15, -0.1) is 0 Å². The van der Waals surface area contributed by atoms with E-state index in [0.29, 0.717) is 22.4 Å². The van der Waals surface area contributed by atoms with Gasteiger partial charge >= 0.3 is 6.18 Å². The van der Waals surface area contributed by atoms with Crippen LogP contribution in [0, 0.1) is 0 Å². The first-order chi connectivity index (χ1) is 9.45. The molecule has 2 heterocycles. The third-order valence-electron chi connectivity index (χ3n) is 2.92. The zero-order chi connectivity index (χ0) is 14.3. The number of halogens is 3. The molecule has 0 fully saturated rings. The summed E-state index contributed by atoms with van der Waals surface area (Å²) in [7, 11) is 0. The zero-order valence-corrected chi connectivity index (χ0v) is 10.1. The number of hydrogen-bond donors (Lipinski definition) is 2. The predicted molar refractivity (Wildman–Crippen MR) is 68.7 cm³/mol. The Labute approximate surface area is 111 Å². The zero-order valence-electron chi connectivity index (χ0n) is 10.1. The molecule has 0 unspecified atom stereocenters. The van der Waals surface area contributed by atoms with E-state index >= 15 is 0 Å². The van der Waals surface area contributed by atoms with E-state index in [1.54, 1.807) is 18.5 Å². The van der Waals surface area contributed by atoms with Crippen molar-refractivity contribution in [1.29, 1.82) is 0 Å². The molecule has 3 N–H and O–H groups in total. The van der Waals surface area contributed by atoms with E-state index in [2.05, 4.69) is 15.0 Å². The molecule has 0 amide bonds. The van der Waals surface area contributed by atoms with Crippen LogP contribution in [-0.2, 0) is 6.18 Å². The molecule has 0 atom stereocenters. The molecule has 0 aliphatic carbocycles. The van der Waals surface area contributed by atoms with E-state index in [1.165, 1.54) is 6.07 Å². The second-order valence-corrected chi connectivity index (χ2v) is 4.28. The number of aromatic amines is 1. The maximum atomic E-state index is 12.6. The number of benzene rings is 1. The number of nitrogen functional groups attached to an aromatic ring is 1. The van der Waals surface area contributed by atoms with Gasteiger partial charge in [0.25, 0.3) is 0 Å². The number of rotatable bonds is 1. The first-order valence-corrected chi connectivity index (χ1v) is 5.72. The highest BCUT2D eigenvalue weighted by Crippen LogP contribution is 2.34. The van der Waals surface area contributed by atoms with Crippen molar-refractivity contribution in [3.05, 3.63) is 42.2 Å². The summed E-state index contributed by atoms with van der Waals surface area (Å²) in [6, 6.07) is 4.90. The van der Waals surface area contributed by atoms with Crippen LogP contribution >= 0.6 is 0 Å². The molecule has 0 spiro atoms. The lowest BCUT2D eigenvalue weighted by Crippen LogP contribution is -2.06. The summed E-state index contributed by atoms with van der Waals surface area (Å²) in [6.07, 6.45) is -1.24. The quantitative estimate of drug-likeness (QED) is 0.671. The summed E-state index contributed by atoms with van der Waals surface area (Å²) in [4.78, 5) is 11.2. The van der Waals surface area contributed by atoms with Gasteiger partial charge in [0.15, 0.2) is 0 Å². The van der Waals surface area contributed by atoms with Crippen molar-refractivity contribution in [3.8, 4) is 11.4 Å². The molecule has 0 saturated heterocycles. The van der Waals surface area contributed by atoms with E-state index in [4.69, 9.17) is 5.73 Å². The van der Waals surface area contributed by atoms with Crippen LogP contribution in [0.3, 0.4) is 0 Å². The summed E-state index contributed by atoms with van der Waals surface area (Å²) in [5, 5.41) is 0. The Morgan fingerprint density at radius 3 is 2.60 bits per heavy atom. The van der Waals surface area contributed by atoms with Crippen molar-refractivity contribution in [3.63, 3.8) is 0 Å². The number of alkyl halides is 3. The Kier molecular flexibility index (Phi) is 2.63. The third kappa shape index (κ3) is 2.07. The highest BCUT2D eigenvalue weighted by atomic mass is 19.4. The molecule has 0 bridgehead atoms. The lowest BCUT2D eigenvalue weighted by atomic mass is 10.1. The van der Waals surface area contributed by atoms with Crippen LogP contribution < -0.4 is 5.73 Å². The topological polar surface area (TPSA) is 67.6 Å². The van der Waals surface area contributed by atoms with E-state index < -0.39 is 11.7 Å². The molecule has 2 aromatic heterocycles. The number of H-pyrrole nitrogens is 1. The summed E-state index contributed by atoms with van der Waals surface area (Å²) in [6.45, 7) is 0. The van der Waals surface area contributed by atoms with Crippen LogP contribution in [0.25, 0.3) is 22.4 Å². The van der Waals surface area contributed by atoms with Gasteiger partial charge in [-0.2, -0.15) is 13.2 Å². The number of nitrogens with one attached hydrogen (secondary N) is 1. The molecule has 20 heavy (non-hydrogen) atoms. The van der Waals surface area contributed by atoms with Gasteiger partial charge in [0.1, 0.15) is 5.82 Å². The number of anilines is 1. The number of aromatic nitrogens is 3. The number of nitrogens with two attached hydrogens (primary N) is 1. The van der Waals surface area contributed by atoms with Gasteiger partial charge in [-0.25, -0.2) is 4.98 Å². The summed E-state index contributed by atoms with van der Waals surface area (Å²) < 4.78 is 37.7. The van der Waals surface area contributed by atoms with Crippen LogP contribution in [0.2, 0.25) is 0 Å². The fraction of sp³-hybridized carbons (Fsp3) is 0.0769. The number of fused-ring (bicyclic) bond motifs is 1. The first-order valence-electron chi connectivity index (χ1n) is 5.72. The van der Waals surface area contributed by atoms with Crippen LogP contribution in [0.4, 0.5) is 18.9 Å². The maximum absolute atomic E-state index is 12.6. The first kappa shape index (κ1) is 12.5. The minimum atomic E-state index is -4.41. The van der Waals surface area contributed by atoms with Gasteiger partial charge in [-0.05, 0) is 24.3 Å². The molecule has 0 saturated carbocycles. The maximum Gasteiger partial charge on any atom is 0.416 e. The molecule has 4 nitrogen and oxygen atoms in total.